The zero-order valence-corrected chi connectivity index (χ0v) is 18.7. The van der Waals surface area contributed by atoms with Crippen LogP contribution in [0.5, 0.6) is 0 Å². The van der Waals surface area contributed by atoms with Crippen molar-refractivity contribution >= 4 is 17.4 Å². The molecule has 0 N–H and O–H groups in total. The summed E-state index contributed by atoms with van der Waals surface area (Å²) in [6.07, 6.45) is 6.38. The monoisotopic (exact) mass is 433 g/mol. The highest BCUT2D eigenvalue weighted by atomic mass is 16.2. The summed E-state index contributed by atoms with van der Waals surface area (Å²) in [6, 6.07) is 12.7. The van der Waals surface area contributed by atoms with Gasteiger partial charge in [0.2, 0.25) is 5.91 Å². The molecule has 2 aliphatic rings. The van der Waals surface area contributed by atoms with Crippen LogP contribution in [0.4, 0.5) is 5.82 Å². The molecule has 2 aromatic heterocycles. The number of tetrazole rings is 1. The van der Waals surface area contributed by atoms with Crippen molar-refractivity contribution in [2.45, 2.75) is 45.4 Å². The number of rotatable bonds is 5. The van der Waals surface area contributed by atoms with Crippen molar-refractivity contribution in [2.24, 2.45) is 11.8 Å². The van der Waals surface area contributed by atoms with Gasteiger partial charge in [0.1, 0.15) is 0 Å². The van der Waals surface area contributed by atoms with Gasteiger partial charge >= 0.3 is 0 Å². The highest BCUT2D eigenvalue weighted by molar-refractivity contribution is 5.79. The molecule has 2 saturated heterocycles. The fourth-order valence-electron chi connectivity index (χ4n) is 4.99. The Bertz CT molecular complexity index is 1050. The summed E-state index contributed by atoms with van der Waals surface area (Å²) >= 11 is 0. The van der Waals surface area contributed by atoms with E-state index in [2.05, 4.69) is 61.6 Å². The number of fused-ring (bicyclic) bond motifs is 1. The quantitative estimate of drug-likeness (QED) is 0.616. The van der Waals surface area contributed by atoms with Crippen molar-refractivity contribution in [1.29, 1.82) is 0 Å². The molecule has 0 unspecified atom stereocenters. The average Bonchev–Trinajstić information content (AvgIpc) is 3.32. The Morgan fingerprint density at radius 3 is 2.47 bits per heavy atom. The van der Waals surface area contributed by atoms with E-state index >= 15 is 0 Å². The van der Waals surface area contributed by atoms with Gasteiger partial charge < -0.3 is 9.80 Å². The van der Waals surface area contributed by atoms with Crippen LogP contribution in [-0.2, 0) is 11.2 Å². The molecule has 5 rings (SSSR count). The van der Waals surface area contributed by atoms with Crippen LogP contribution < -0.4 is 4.90 Å². The number of nitrogens with zero attached hydrogens (tertiary/aromatic N) is 7. The van der Waals surface area contributed by atoms with E-state index in [1.54, 1.807) is 0 Å². The Labute approximate surface area is 188 Å². The van der Waals surface area contributed by atoms with Crippen molar-refractivity contribution in [1.82, 2.24) is 30.2 Å². The fraction of sp³-hybridized carbons (Fsp3) is 0.542. The van der Waals surface area contributed by atoms with E-state index in [1.807, 2.05) is 12.1 Å². The van der Waals surface area contributed by atoms with Crippen LogP contribution in [0.1, 0.15) is 43.2 Å². The van der Waals surface area contributed by atoms with E-state index in [-0.39, 0.29) is 5.92 Å². The van der Waals surface area contributed by atoms with E-state index in [0.29, 0.717) is 11.6 Å². The second kappa shape index (κ2) is 9.22. The SMILES string of the molecule is Cc1ccc(CCC2CCN(C(=O)C3CCN(c4ccc5nnnn5n4)CC3)CC2)cc1. The first-order chi connectivity index (χ1) is 15.7. The Morgan fingerprint density at radius 2 is 1.72 bits per heavy atom. The topological polar surface area (TPSA) is 79.5 Å². The zero-order valence-electron chi connectivity index (χ0n) is 18.7. The summed E-state index contributed by atoms with van der Waals surface area (Å²) in [6.45, 7) is 5.63. The number of likely N-dealkylation sites (tertiary alicyclic amines) is 1. The van der Waals surface area contributed by atoms with E-state index < -0.39 is 0 Å². The third-order valence-electron chi connectivity index (χ3n) is 7.11. The fourth-order valence-corrected chi connectivity index (χ4v) is 4.99. The molecular weight excluding hydrogens is 402 g/mol. The van der Waals surface area contributed by atoms with Crippen molar-refractivity contribution in [3.63, 3.8) is 0 Å². The van der Waals surface area contributed by atoms with Crippen LogP contribution in [-0.4, -0.2) is 62.2 Å². The van der Waals surface area contributed by atoms with Crippen molar-refractivity contribution in [3.8, 4) is 0 Å². The van der Waals surface area contributed by atoms with Gasteiger partial charge in [-0.05, 0) is 79.5 Å². The van der Waals surface area contributed by atoms with E-state index in [0.717, 1.165) is 70.0 Å². The number of benzene rings is 1. The zero-order chi connectivity index (χ0) is 21.9. The molecule has 1 aromatic carbocycles. The van der Waals surface area contributed by atoms with E-state index in [1.165, 1.54) is 22.2 Å². The first kappa shape index (κ1) is 20.8. The molecule has 0 saturated carbocycles. The molecule has 2 fully saturated rings. The highest BCUT2D eigenvalue weighted by Crippen LogP contribution is 2.27. The molecule has 32 heavy (non-hydrogen) atoms. The number of anilines is 1. The number of amides is 1. The third-order valence-corrected chi connectivity index (χ3v) is 7.11. The Kier molecular flexibility index (Phi) is 6.01. The minimum Gasteiger partial charge on any atom is -0.355 e. The maximum absolute atomic E-state index is 13.1. The summed E-state index contributed by atoms with van der Waals surface area (Å²) < 4.78 is 1.45. The van der Waals surface area contributed by atoms with Crippen LogP contribution in [0, 0.1) is 18.8 Å². The predicted molar refractivity (Wildman–Crippen MR) is 122 cm³/mol. The first-order valence-corrected chi connectivity index (χ1v) is 11.8. The summed E-state index contributed by atoms with van der Waals surface area (Å²) in [5.41, 5.74) is 3.38. The van der Waals surface area contributed by atoms with Gasteiger partial charge in [-0.3, -0.25) is 4.79 Å². The minimum atomic E-state index is 0.132. The van der Waals surface area contributed by atoms with Crippen LogP contribution in [0.2, 0.25) is 0 Å². The molecule has 1 amide bonds. The number of aryl methyl sites for hydroxylation is 2. The lowest BCUT2D eigenvalue weighted by atomic mass is 9.89. The molecule has 8 heteroatoms. The molecule has 0 bridgehead atoms. The Balaban J connectivity index is 1.07. The summed E-state index contributed by atoms with van der Waals surface area (Å²) in [5, 5.41) is 15.9. The van der Waals surface area contributed by atoms with Gasteiger partial charge in [0.15, 0.2) is 11.5 Å². The van der Waals surface area contributed by atoms with Crippen LogP contribution in [0.3, 0.4) is 0 Å². The lowest BCUT2D eigenvalue weighted by molar-refractivity contribution is -0.137. The van der Waals surface area contributed by atoms with Crippen molar-refractivity contribution in [3.05, 3.63) is 47.5 Å². The first-order valence-electron chi connectivity index (χ1n) is 11.8. The second-order valence-corrected chi connectivity index (χ2v) is 9.27. The van der Waals surface area contributed by atoms with Crippen molar-refractivity contribution < 1.29 is 4.79 Å². The number of carbonyl (C=O) groups is 1. The van der Waals surface area contributed by atoms with Crippen LogP contribution in [0.15, 0.2) is 36.4 Å². The molecule has 0 aliphatic carbocycles. The smallest absolute Gasteiger partial charge is 0.225 e. The second-order valence-electron chi connectivity index (χ2n) is 9.27. The maximum Gasteiger partial charge on any atom is 0.225 e. The number of piperidine rings is 2. The molecule has 0 spiro atoms. The predicted octanol–water partition coefficient (Wildman–Crippen LogP) is 2.92. The molecule has 0 radical (unpaired) electrons. The molecule has 3 aromatic rings. The van der Waals surface area contributed by atoms with E-state index in [4.69, 9.17) is 0 Å². The molecule has 0 atom stereocenters. The standard InChI is InChI=1S/C24H31N7O/c1-18-2-4-19(5-3-18)6-7-20-10-14-30(15-11-20)24(32)21-12-16-29(17-13-21)23-9-8-22-25-27-28-31(22)26-23/h2-5,8-9,20-21H,6-7,10-17H2,1H3. The van der Waals surface area contributed by atoms with Gasteiger partial charge in [-0.15, -0.1) is 14.8 Å². The van der Waals surface area contributed by atoms with Crippen LogP contribution in [0.25, 0.3) is 5.65 Å². The van der Waals surface area contributed by atoms with Gasteiger partial charge in [0.05, 0.1) is 0 Å². The van der Waals surface area contributed by atoms with Gasteiger partial charge in [-0.2, -0.15) is 0 Å². The largest absolute Gasteiger partial charge is 0.355 e. The molecule has 8 nitrogen and oxygen atoms in total. The van der Waals surface area contributed by atoms with Crippen molar-refractivity contribution in [2.75, 3.05) is 31.1 Å². The normalized spacial score (nSPS) is 18.4. The Hall–Kier alpha value is -3.03. The van der Waals surface area contributed by atoms with Gasteiger partial charge in [0.25, 0.3) is 0 Å². The number of aromatic nitrogens is 5. The molecule has 2 aliphatic heterocycles. The lowest BCUT2D eigenvalue weighted by Gasteiger charge is -2.37. The molecule has 168 valence electrons. The molecular formula is C24H31N7O. The van der Waals surface area contributed by atoms with E-state index in [9.17, 15) is 4.79 Å². The summed E-state index contributed by atoms with van der Waals surface area (Å²) in [4.78, 5) is 17.5. The summed E-state index contributed by atoms with van der Waals surface area (Å²) in [7, 11) is 0. The van der Waals surface area contributed by atoms with Crippen LogP contribution >= 0.6 is 0 Å². The third kappa shape index (κ3) is 4.59. The van der Waals surface area contributed by atoms with Gasteiger partial charge in [0, 0.05) is 32.1 Å². The minimum absolute atomic E-state index is 0.132. The van der Waals surface area contributed by atoms with Gasteiger partial charge in [-0.1, -0.05) is 29.8 Å². The maximum atomic E-state index is 13.1. The number of hydrogen-bond acceptors (Lipinski definition) is 6. The molecule has 4 heterocycles. The lowest BCUT2D eigenvalue weighted by Crippen LogP contribution is -2.45. The summed E-state index contributed by atoms with van der Waals surface area (Å²) in [5.74, 6) is 2.08. The Morgan fingerprint density at radius 1 is 0.969 bits per heavy atom. The highest BCUT2D eigenvalue weighted by Gasteiger charge is 2.31. The average molecular weight is 434 g/mol. The number of carbonyl (C=O) groups excluding carboxylic acids is 1. The van der Waals surface area contributed by atoms with Gasteiger partial charge in [-0.25, -0.2) is 0 Å². The number of hydrogen-bond donors (Lipinski definition) is 0.